The molecule has 2 rings (SSSR count). The molecule has 8 nitrogen and oxygen atoms in total. The molecule has 27 heavy (non-hydrogen) atoms. The number of rotatable bonds is 6. The minimum absolute atomic E-state index is 0.0451. The van der Waals surface area contributed by atoms with E-state index < -0.39 is 12.1 Å². The lowest BCUT2D eigenvalue weighted by Crippen LogP contribution is -2.53. The van der Waals surface area contributed by atoms with E-state index in [1.165, 1.54) is 0 Å². The largest absolute Gasteiger partial charge is 0.456 e. The number of hydrogen-bond donors (Lipinski definition) is 3. The van der Waals surface area contributed by atoms with Gasteiger partial charge in [0, 0.05) is 25.7 Å². The Morgan fingerprint density at radius 1 is 1.19 bits per heavy atom. The first-order valence-corrected chi connectivity index (χ1v) is 9.46. The van der Waals surface area contributed by atoms with Crippen molar-refractivity contribution in [1.82, 2.24) is 20.9 Å². The van der Waals surface area contributed by atoms with Crippen molar-refractivity contribution in [3.63, 3.8) is 0 Å². The maximum Gasteiger partial charge on any atom is 0.321 e. The van der Waals surface area contributed by atoms with Crippen molar-refractivity contribution < 1.29 is 18.8 Å². The summed E-state index contributed by atoms with van der Waals surface area (Å²) in [6, 6.07) is 2.60. The Morgan fingerprint density at radius 3 is 2.41 bits per heavy atom. The highest BCUT2D eigenvalue weighted by Crippen LogP contribution is 2.15. The first kappa shape index (κ1) is 21.0. The zero-order chi connectivity index (χ0) is 20.0. The summed E-state index contributed by atoms with van der Waals surface area (Å²) in [7, 11) is 0. The number of hydrogen-bond acceptors (Lipinski definition) is 5. The molecule has 150 valence electrons. The van der Waals surface area contributed by atoms with E-state index >= 15 is 0 Å². The first-order valence-electron chi connectivity index (χ1n) is 9.46. The van der Waals surface area contributed by atoms with Crippen LogP contribution in [0.5, 0.6) is 0 Å². The van der Waals surface area contributed by atoms with Gasteiger partial charge in [-0.1, -0.05) is 13.8 Å². The predicted octanol–water partition coefficient (Wildman–Crippen LogP) is 1.65. The molecular formula is C19H30N4O4. The van der Waals surface area contributed by atoms with Crippen molar-refractivity contribution in [2.45, 2.75) is 52.6 Å². The number of likely N-dealkylation sites (tertiary alicyclic amines) is 1. The maximum absolute atomic E-state index is 12.2. The van der Waals surface area contributed by atoms with Gasteiger partial charge in [0.2, 0.25) is 5.91 Å². The van der Waals surface area contributed by atoms with E-state index in [0.717, 1.165) is 12.8 Å². The molecule has 8 heteroatoms. The molecule has 1 atom stereocenters. The first-order chi connectivity index (χ1) is 12.8. The fourth-order valence-corrected chi connectivity index (χ4v) is 2.97. The van der Waals surface area contributed by atoms with Gasteiger partial charge >= 0.3 is 6.03 Å². The van der Waals surface area contributed by atoms with Gasteiger partial charge in [0.1, 0.15) is 5.76 Å². The molecule has 1 fully saturated rings. The Morgan fingerprint density at radius 2 is 1.85 bits per heavy atom. The van der Waals surface area contributed by atoms with Crippen LogP contribution in [0.1, 0.15) is 49.9 Å². The molecule has 0 aromatic carbocycles. The van der Waals surface area contributed by atoms with E-state index in [2.05, 4.69) is 16.0 Å². The Balaban J connectivity index is 1.74. The second-order valence-corrected chi connectivity index (χ2v) is 7.46. The molecule has 4 amide bonds. The van der Waals surface area contributed by atoms with E-state index in [9.17, 15) is 14.4 Å². The molecule has 1 aliphatic heterocycles. The fraction of sp³-hybridized carbons (Fsp3) is 0.632. The van der Waals surface area contributed by atoms with Gasteiger partial charge in [-0.15, -0.1) is 0 Å². The number of nitrogens with zero attached hydrogens (tertiary/aromatic N) is 1. The summed E-state index contributed by atoms with van der Waals surface area (Å²) in [5.74, 6) is 0.809. The van der Waals surface area contributed by atoms with Crippen molar-refractivity contribution >= 4 is 17.8 Å². The molecule has 1 aliphatic rings. The normalized spacial score (nSPS) is 16.8. The van der Waals surface area contributed by atoms with Crippen LogP contribution >= 0.6 is 0 Å². The van der Waals surface area contributed by atoms with Crippen LogP contribution in [0, 0.1) is 12.8 Å². The van der Waals surface area contributed by atoms with Crippen molar-refractivity contribution in [2.24, 2.45) is 5.92 Å². The van der Waals surface area contributed by atoms with E-state index in [1.54, 1.807) is 26.0 Å². The number of nitrogens with one attached hydrogen (secondary N) is 3. The topological polar surface area (TPSA) is 104 Å². The minimum Gasteiger partial charge on any atom is -0.456 e. The third kappa shape index (κ3) is 6.39. The second-order valence-electron chi connectivity index (χ2n) is 7.46. The summed E-state index contributed by atoms with van der Waals surface area (Å²) in [5, 5.41) is 8.03. The highest BCUT2D eigenvalue weighted by Gasteiger charge is 2.28. The van der Waals surface area contributed by atoms with Crippen LogP contribution in [0.25, 0.3) is 0 Å². The van der Waals surface area contributed by atoms with E-state index in [4.69, 9.17) is 4.42 Å². The molecule has 1 saturated heterocycles. The van der Waals surface area contributed by atoms with Crippen LogP contribution in [-0.4, -0.2) is 54.5 Å². The van der Waals surface area contributed by atoms with Gasteiger partial charge in [0.25, 0.3) is 5.91 Å². The van der Waals surface area contributed by atoms with Crippen molar-refractivity contribution in [3.8, 4) is 0 Å². The van der Waals surface area contributed by atoms with Gasteiger partial charge in [0.05, 0.1) is 6.04 Å². The molecule has 0 radical (unpaired) electrons. The average Bonchev–Trinajstić information content (AvgIpc) is 3.06. The number of amides is 4. The zero-order valence-corrected chi connectivity index (χ0v) is 16.5. The van der Waals surface area contributed by atoms with E-state index in [0.29, 0.717) is 37.1 Å². The summed E-state index contributed by atoms with van der Waals surface area (Å²) in [6.45, 7) is 9.42. The standard InChI is InChI=1S/C19H30N4O4/c1-12(2)11-20-19(26)22-17(24)14(4)23-9-7-15(8-10-23)21-18(25)16-6-5-13(3)27-16/h5-6,12,14-15H,7-11H2,1-4H3,(H,21,25)(H2,20,22,24,26). The summed E-state index contributed by atoms with van der Waals surface area (Å²) >= 11 is 0. The van der Waals surface area contributed by atoms with Gasteiger partial charge in [0.15, 0.2) is 5.76 Å². The molecule has 1 aromatic rings. The van der Waals surface area contributed by atoms with Crippen LogP contribution in [-0.2, 0) is 4.79 Å². The van der Waals surface area contributed by atoms with Crippen molar-refractivity contribution in [2.75, 3.05) is 19.6 Å². The third-order valence-corrected chi connectivity index (χ3v) is 4.66. The molecule has 1 aromatic heterocycles. The SMILES string of the molecule is Cc1ccc(C(=O)NC2CCN(C(C)C(=O)NC(=O)NCC(C)C)CC2)o1. The molecule has 0 saturated carbocycles. The molecule has 1 unspecified atom stereocenters. The number of carbonyl (C=O) groups is 3. The molecule has 0 bridgehead atoms. The number of aryl methyl sites for hydroxylation is 1. The zero-order valence-electron chi connectivity index (χ0n) is 16.5. The van der Waals surface area contributed by atoms with E-state index in [1.807, 2.05) is 18.7 Å². The lowest BCUT2D eigenvalue weighted by Gasteiger charge is -2.35. The maximum atomic E-state index is 12.2. The predicted molar refractivity (Wildman–Crippen MR) is 101 cm³/mol. The molecule has 3 N–H and O–H groups in total. The highest BCUT2D eigenvalue weighted by molar-refractivity contribution is 5.96. The van der Waals surface area contributed by atoms with Gasteiger partial charge in [-0.2, -0.15) is 0 Å². The van der Waals surface area contributed by atoms with Crippen molar-refractivity contribution in [3.05, 3.63) is 23.7 Å². The van der Waals surface area contributed by atoms with Crippen LogP contribution < -0.4 is 16.0 Å². The minimum atomic E-state index is -0.462. The van der Waals surface area contributed by atoms with Crippen LogP contribution in [0.15, 0.2) is 16.5 Å². The number of imide groups is 1. The number of piperidine rings is 1. The van der Waals surface area contributed by atoms with Gasteiger partial charge < -0.3 is 15.1 Å². The third-order valence-electron chi connectivity index (χ3n) is 4.66. The fourth-order valence-electron chi connectivity index (χ4n) is 2.97. The van der Waals surface area contributed by atoms with Gasteiger partial charge in [-0.25, -0.2) is 4.79 Å². The van der Waals surface area contributed by atoms with Crippen LogP contribution in [0.4, 0.5) is 4.79 Å². The lowest BCUT2D eigenvalue weighted by atomic mass is 10.0. The Kier molecular flexibility index (Phi) is 7.41. The molecule has 2 heterocycles. The lowest BCUT2D eigenvalue weighted by molar-refractivity contribution is -0.125. The van der Waals surface area contributed by atoms with Gasteiger partial charge in [-0.05, 0) is 44.7 Å². The monoisotopic (exact) mass is 378 g/mol. The van der Waals surface area contributed by atoms with Crippen molar-refractivity contribution in [1.29, 1.82) is 0 Å². The highest BCUT2D eigenvalue weighted by atomic mass is 16.3. The van der Waals surface area contributed by atoms with Gasteiger partial charge in [-0.3, -0.25) is 19.8 Å². The summed E-state index contributed by atoms with van der Waals surface area (Å²) < 4.78 is 5.34. The Labute approximate surface area is 160 Å². The molecule has 0 aliphatic carbocycles. The van der Waals surface area contributed by atoms with E-state index in [-0.39, 0.29) is 17.9 Å². The Hall–Kier alpha value is -2.35. The second kappa shape index (κ2) is 9.55. The number of urea groups is 1. The molecular weight excluding hydrogens is 348 g/mol. The van der Waals surface area contributed by atoms with Crippen LogP contribution in [0.2, 0.25) is 0 Å². The number of carbonyl (C=O) groups excluding carboxylic acids is 3. The van der Waals surface area contributed by atoms with Crippen LogP contribution in [0.3, 0.4) is 0 Å². The summed E-state index contributed by atoms with van der Waals surface area (Å²) in [5.41, 5.74) is 0. The summed E-state index contributed by atoms with van der Waals surface area (Å²) in [4.78, 5) is 38.2. The quantitative estimate of drug-likeness (QED) is 0.698. The number of furan rings is 1. The molecule has 0 spiro atoms. The smallest absolute Gasteiger partial charge is 0.321 e. The average molecular weight is 378 g/mol. The summed E-state index contributed by atoms with van der Waals surface area (Å²) in [6.07, 6.45) is 1.48. The Bertz CT molecular complexity index is 662.